The number of hydrogen-bond acceptors (Lipinski definition) is 9. The van der Waals surface area contributed by atoms with Crippen LogP contribution in [-0.2, 0) is 0 Å². The van der Waals surface area contributed by atoms with E-state index in [9.17, 15) is 13.6 Å². The van der Waals surface area contributed by atoms with E-state index >= 15 is 0 Å². The molecule has 46 heavy (non-hydrogen) atoms. The molecular formula is C32H32F2N8O4. The lowest BCUT2D eigenvalue weighted by molar-refractivity contribution is 0.0673. The van der Waals surface area contributed by atoms with Gasteiger partial charge >= 0.3 is 0 Å². The molecule has 5 aromatic rings. The number of halogens is 2. The summed E-state index contributed by atoms with van der Waals surface area (Å²) in [5.74, 6) is -0.355. The molecular weight excluding hydrogens is 598 g/mol. The summed E-state index contributed by atoms with van der Waals surface area (Å²) < 4.78 is 34.8. The van der Waals surface area contributed by atoms with Crippen LogP contribution in [0.4, 0.5) is 20.4 Å². The maximum Gasteiger partial charge on any atom is 0.256 e. The van der Waals surface area contributed by atoms with Crippen LogP contribution in [0, 0.1) is 22.5 Å². The van der Waals surface area contributed by atoms with Crippen molar-refractivity contribution in [3.63, 3.8) is 0 Å². The standard InChI is InChI=1S/C32H31F2N7O2.HNO2/c1-2-26(14-21-9-12-40(13-10-21)31(42)27-7-6-24(33)16-28(27)34)41-19-23(17-37-41)29-8-11-36-32(39-29)38-25-5-3-4-22(15-25)30-18-35-20-43-30;2-1-3/h3-8,11,15-21,26H,2,9-10,12-14H2,1H3,(H,36,38,39);(H,2,3). The molecule has 4 heterocycles. The van der Waals surface area contributed by atoms with Gasteiger partial charge in [-0.3, -0.25) is 9.48 Å². The Morgan fingerprint density at radius 1 is 1.13 bits per heavy atom. The number of likely N-dealkylation sites (tertiary alicyclic amines) is 1. The highest BCUT2D eigenvalue weighted by Gasteiger charge is 2.27. The van der Waals surface area contributed by atoms with E-state index in [1.807, 2.05) is 47.4 Å². The normalized spacial score (nSPS) is 13.8. The van der Waals surface area contributed by atoms with Gasteiger partial charge in [-0.2, -0.15) is 5.10 Å². The van der Waals surface area contributed by atoms with Gasteiger partial charge in [0, 0.05) is 48.4 Å². The van der Waals surface area contributed by atoms with Gasteiger partial charge in [0.25, 0.3) is 5.91 Å². The third-order valence-corrected chi connectivity index (χ3v) is 7.90. The first-order valence-corrected chi connectivity index (χ1v) is 14.7. The van der Waals surface area contributed by atoms with E-state index in [1.165, 1.54) is 17.8 Å². The van der Waals surface area contributed by atoms with Crippen LogP contribution in [0.15, 0.2) is 89.5 Å². The molecule has 0 radical (unpaired) electrons. The summed E-state index contributed by atoms with van der Waals surface area (Å²) in [5.41, 5.74) is 3.28. The summed E-state index contributed by atoms with van der Waals surface area (Å²) >= 11 is 0. The van der Waals surface area contributed by atoms with Crippen molar-refractivity contribution in [2.24, 2.45) is 11.3 Å². The average Bonchev–Trinajstić information content (AvgIpc) is 3.78. The SMILES string of the molecule is CCC(CC1CCN(C(=O)c2ccc(F)cc2F)CC1)n1cc(-c2ccnc(Nc3cccc(-c4cnco4)c3)n2)cn1.O=NO. The zero-order valence-corrected chi connectivity index (χ0v) is 25.0. The van der Waals surface area contributed by atoms with Crippen molar-refractivity contribution < 1.29 is 23.2 Å². The van der Waals surface area contributed by atoms with Crippen molar-refractivity contribution in [2.45, 2.75) is 38.6 Å². The number of nitrogens with one attached hydrogen (secondary N) is 1. The fourth-order valence-electron chi connectivity index (χ4n) is 5.54. The molecule has 1 atom stereocenters. The van der Waals surface area contributed by atoms with E-state index in [4.69, 9.17) is 19.5 Å². The number of benzene rings is 2. The Morgan fingerprint density at radius 2 is 1.93 bits per heavy atom. The number of carbonyl (C=O) groups is 1. The van der Waals surface area contributed by atoms with E-state index < -0.39 is 11.6 Å². The van der Waals surface area contributed by atoms with Gasteiger partial charge in [-0.1, -0.05) is 19.1 Å². The van der Waals surface area contributed by atoms with Crippen LogP contribution in [0.2, 0.25) is 0 Å². The van der Waals surface area contributed by atoms with Gasteiger partial charge < -0.3 is 19.8 Å². The molecule has 238 valence electrons. The molecule has 2 aromatic carbocycles. The van der Waals surface area contributed by atoms with Crippen LogP contribution >= 0.6 is 0 Å². The summed E-state index contributed by atoms with van der Waals surface area (Å²) in [6.07, 6.45) is 12.1. The number of hydrogen-bond donors (Lipinski definition) is 2. The number of rotatable bonds is 9. The Balaban J connectivity index is 0.00000134. The minimum absolute atomic E-state index is 0.0848. The average molecular weight is 631 g/mol. The Morgan fingerprint density at radius 3 is 2.65 bits per heavy atom. The first-order valence-electron chi connectivity index (χ1n) is 14.7. The lowest BCUT2D eigenvalue weighted by Crippen LogP contribution is -2.39. The van der Waals surface area contributed by atoms with Crippen LogP contribution in [0.25, 0.3) is 22.6 Å². The quantitative estimate of drug-likeness (QED) is 0.129. The molecule has 1 unspecified atom stereocenters. The summed E-state index contributed by atoms with van der Waals surface area (Å²) in [6.45, 7) is 3.22. The van der Waals surface area contributed by atoms with Crippen molar-refractivity contribution in [1.29, 1.82) is 0 Å². The van der Waals surface area contributed by atoms with Crippen molar-refractivity contribution in [3.8, 4) is 22.6 Å². The predicted octanol–water partition coefficient (Wildman–Crippen LogP) is 7.05. The second kappa shape index (κ2) is 15.0. The monoisotopic (exact) mass is 630 g/mol. The fraction of sp³-hybridized carbons (Fsp3) is 0.281. The van der Waals surface area contributed by atoms with Crippen LogP contribution in [-0.4, -0.2) is 53.8 Å². The Hall–Kier alpha value is -5.53. The van der Waals surface area contributed by atoms with E-state index in [1.54, 1.807) is 17.3 Å². The van der Waals surface area contributed by atoms with Crippen molar-refractivity contribution in [3.05, 3.63) is 102 Å². The molecule has 14 heteroatoms. The van der Waals surface area contributed by atoms with Gasteiger partial charge in [0.2, 0.25) is 5.95 Å². The lowest BCUT2D eigenvalue weighted by atomic mass is 9.89. The molecule has 1 fully saturated rings. The molecule has 0 bridgehead atoms. The number of aromatic nitrogens is 5. The van der Waals surface area contributed by atoms with E-state index in [0.717, 1.165) is 60.3 Å². The molecule has 3 aromatic heterocycles. The summed E-state index contributed by atoms with van der Waals surface area (Å²) in [4.78, 5) is 35.6. The lowest BCUT2D eigenvalue weighted by Gasteiger charge is -2.33. The first kappa shape index (κ1) is 31.9. The minimum atomic E-state index is -0.823. The smallest absolute Gasteiger partial charge is 0.256 e. The van der Waals surface area contributed by atoms with E-state index in [0.29, 0.717) is 30.7 Å². The van der Waals surface area contributed by atoms with Crippen molar-refractivity contribution in [1.82, 2.24) is 29.6 Å². The first-order chi connectivity index (χ1) is 22.4. The van der Waals surface area contributed by atoms with E-state index in [2.05, 4.69) is 27.3 Å². The summed E-state index contributed by atoms with van der Waals surface area (Å²) in [6, 6.07) is 12.9. The number of amides is 1. The maximum atomic E-state index is 14.1. The van der Waals surface area contributed by atoms with E-state index in [-0.39, 0.29) is 17.5 Å². The molecule has 6 rings (SSSR count). The van der Waals surface area contributed by atoms with Gasteiger partial charge in [0.05, 0.1) is 29.7 Å². The number of carbonyl (C=O) groups excluding carboxylic acids is 1. The van der Waals surface area contributed by atoms with Crippen LogP contribution in [0.1, 0.15) is 49.0 Å². The third kappa shape index (κ3) is 7.75. The zero-order valence-electron chi connectivity index (χ0n) is 25.0. The molecule has 0 aliphatic carbocycles. The number of oxazole rings is 1. The van der Waals surface area contributed by atoms with Crippen molar-refractivity contribution >= 4 is 17.5 Å². The van der Waals surface area contributed by atoms with Crippen LogP contribution in [0.5, 0.6) is 0 Å². The number of anilines is 2. The Bertz CT molecular complexity index is 1760. The third-order valence-electron chi connectivity index (χ3n) is 7.90. The highest BCUT2D eigenvalue weighted by molar-refractivity contribution is 5.94. The van der Waals surface area contributed by atoms with Gasteiger partial charge in [-0.15, -0.1) is 4.91 Å². The molecule has 1 aliphatic rings. The van der Waals surface area contributed by atoms with Crippen LogP contribution in [0.3, 0.4) is 0 Å². The topological polar surface area (TPSA) is 152 Å². The zero-order chi connectivity index (χ0) is 32.5. The maximum absolute atomic E-state index is 14.1. The fourth-order valence-corrected chi connectivity index (χ4v) is 5.54. The number of piperidine rings is 1. The Kier molecular flexibility index (Phi) is 10.4. The van der Waals surface area contributed by atoms with Gasteiger partial charge in [0.15, 0.2) is 17.5 Å². The predicted molar refractivity (Wildman–Crippen MR) is 165 cm³/mol. The molecule has 0 spiro atoms. The van der Waals surface area contributed by atoms with Crippen LogP contribution < -0.4 is 5.32 Å². The van der Waals surface area contributed by atoms with Gasteiger partial charge in [-0.25, -0.2) is 23.7 Å². The molecule has 0 saturated carbocycles. The molecule has 1 aliphatic heterocycles. The second-order valence-corrected chi connectivity index (χ2v) is 10.8. The van der Waals surface area contributed by atoms with Crippen molar-refractivity contribution in [2.75, 3.05) is 18.4 Å². The number of nitrogens with zero attached hydrogens (tertiary/aromatic N) is 7. The second-order valence-electron chi connectivity index (χ2n) is 10.8. The Labute approximate surface area is 263 Å². The molecule has 1 saturated heterocycles. The molecule has 1 amide bonds. The molecule has 2 N–H and O–H groups in total. The van der Waals surface area contributed by atoms with Gasteiger partial charge in [0.1, 0.15) is 11.6 Å². The largest absolute Gasteiger partial charge is 0.444 e. The minimum Gasteiger partial charge on any atom is -0.444 e. The molecule has 12 nitrogen and oxygen atoms in total. The summed E-state index contributed by atoms with van der Waals surface area (Å²) in [5, 5.41) is 15.8. The highest BCUT2D eigenvalue weighted by Crippen LogP contribution is 2.31. The highest BCUT2D eigenvalue weighted by atomic mass is 19.1. The summed E-state index contributed by atoms with van der Waals surface area (Å²) in [7, 11) is 0. The van der Waals surface area contributed by atoms with Gasteiger partial charge in [-0.05, 0) is 61.9 Å².